The van der Waals surface area contributed by atoms with Crippen LogP contribution in [0.3, 0.4) is 0 Å². The minimum atomic E-state index is -0.200. The molecule has 1 aliphatic heterocycles. The summed E-state index contributed by atoms with van der Waals surface area (Å²) < 4.78 is 7.12. The van der Waals surface area contributed by atoms with Crippen LogP contribution in [0.2, 0.25) is 0 Å². The SMILES string of the molecule is CC[C@H](Sc1nc2ccccc2c2nc(C)nn12)C(=O)N1CCOCC1. The first-order valence-corrected chi connectivity index (χ1v) is 9.70. The van der Waals surface area contributed by atoms with Crippen LogP contribution in [0.4, 0.5) is 0 Å². The smallest absolute Gasteiger partial charge is 0.236 e. The highest BCUT2D eigenvalue weighted by molar-refractivity contribution is 8.00. The number of aryl methyl sites for hydroxylation is 1. The van der Waals surface area contributed by atoms with E-state index in [0.717, 1.165) is 23.0 Å². The predicted octanol–water partition coefficient (Wildman–Crippen LogP) is 2.32. The van der Waals surface area contributed by atoms with Gasteiger partial charge in [-0.3, -0.25) is 4.79 Å². The highest BCUT2D eigenvalue weighted by Crippen LogP contribution is 2.29. The molecule has 0 radical (unpaired) electrons. The van der Waals surface area contributed by atoms with Crippen molar-refractivity contribution >= 4 is 34.2 Å². The lowest BCUT2D eigenvalue weighted by atomic mass is 10.2. The number of amides is 1. The Hall–Kier alpha value is -2.19. The van der Waals surface area contributed by atoms with Crippen molar-refractivity contribution in [2.24, 2.45) is 0 Å². The summed E-state index contributed by atoms with van der Waals surface area (Å²) in [6, 6.07) is 7.89. The van der Waals surface area contributed by atoms with Crippen molar-refractivity contribution in [1.82, 2.24) is 24.5 Å². The third-order valence-electron chi connectivity index (χ3n) is 4.47. The molecule has 0 bridgehead atoms. The number of carbonyl (C=O) groups is 1. The van der Waals surface area contributed by atoms with Gasteiger partial charge in [-0.05, 0) is 25.5 Å². The van der Waals surface area contributed by atoms with E-state index < -0.39 is 0 Å². The molecule has 1 saturated heterocycles. The van der Waals surface area contributed by atoms with Crippen LogP contribution in [-0.2, 0) is 9.53 Å². The zero-order valence-electron chi connectivity index (χ0n) is 14.9. The maximum Gasteiger partial charge on any atom is 0.236 e. The van der Waals surface area contributed by atoms with Crippen LogP contribution in [-0.4, -0.2) is 61.9 Å². The molecular formula is C18H21N5O2S. The summed E-state index contributed by atoms with van der Waals surface area (Å²) >= 11 is 1.47. The second-order valence-electron chi connectivity index (χ2n) is 6.26. The van der Waals surface area contributed by atoms with Gasteiger partial charge in [0.1, 0.15) is 5.82 Å². The Morgan fingerprint density at radius 3 is 2.81 bits per heavy atom. The maximum atomic E-state index is 12.9. The lowest BCUT2D eigenvalue weighted by Gasteiger charge is -2.29. The minimum Gasteiger partial charge on any atom is -0.378 e. The number of carbonyl (C=O) groups excluding carboxylic acids is 1. The van der Waals surface area contributed by atoms with E-state index in [1.165, 1.54) is 11.8 Å². The Balaban J connectivity index is 1.71. The molecule has 1 amide bonds. The monoisotopic (exact) mass is 371 g/mol. The molecule has 7 nitrogen and oxygen atoms in total. The van der Waals surface area contributed by atoms with Gasteiger partial charge in [-0.1, -0.05) is 30.8 Å². The van der Waals surface area contributed by atoms with E-state index in [4.69, 9.17) is 9.72 Å². The molecule has 1 aliphatic rings. The Labute approximate surface area is 155 Å². The molecule has 0 unspecified atom stereocenters. The normalized spacial score (nSPS) is 16.3. The van der Waals surface area contributed by atoms with E-state index in [-0.39, 0.29) is 11.2 Å². The first-order valence-electron chi connectivity index (χ1n) is 8.82. The van der Waals surface area contributed by atoms with Crippen molar-refractivity contribution in [3.8, 4) is 0 Å². The van der Waals surface area contributed by atoms with Crippen molar-refractivity contribution < 1.29 is 9.53 Å². The van der Waals surface area contributed by atoms with E-state index in [1.807, 2.05) is 43.0 Å². The van der Waals surface area contributed by atoms with Gasteiger partial charge in [0.2, 0.25) is 5.91 Å². The molecule has 0 N–H and O–H groups in total. The summed E-state index contributed by atoms with van der Waals surface area (Å²) in [6.07, 6.45) is 0.727. The third kappa shape index (κ3) is 3.14. The summed E-state index contributed by atoms with van der Waals surface area (Å²) in [6.45, 7) is 6.41. The number of thioether (sulfide) groups is 1. The van der Waals surface area contributed by atoms with Gasteiger partial charge in [-0.15, -0.1) is 5.10 Å². The number of ether oxygens (including phenoxy) is 1. The van der Waals surface area contributed by atoms with Crippen LogP contribution < -0.4 is 0 Å². The standard InChI is InChI=1S/C18H21N5O2S/c1-3-15(17(24)22-8-10-25-11-9-22)26-18-20-14-7-5-4-6-13(14)16-19-12(2)21-23(16)18/h4-7,15H,3,8-11H2,1-2H3/t15-/m0/s1. The van der Waals surface area contributed by atoms with E-state index in [0.29, 0.717) is 37.3 Å². The second kappa shape index (κ2) is 7.20. The third-order valence-corrected chi connectivity index (χ3v) is 5.77. The Morgan fingerprint density at radius 2 is 2.04 bits per heavy atom. The molecule has 1 atom stereocenters. The lowest BCUT2D eigenvalue weighted by Crippen LogP contribution is -2.44. The van der Waals surface area contributed by atoms with Gasteiger partial charge in [0.05, 0.1) is 24.0 Å². The predicted molar refractivity (Wildman–Crippen MR) is 100 cm³/mol. The van der Waals surface area contributed by atoms with E-state index in [2.05, 4.69) is 10.1 Å². The van der Waals surface area contributed by atoms with Crippen LogP contribution in [0, 0.1) is 6.92 Å². The Morgan fingerprint density at radius 1 is 1.27 bits per heavy atom. The van der Waals surface area contributed by atoms with Crippen molar-refractivity contribution in [2.45, 2.75) is 30.7 Å². The van der Waals surface area contributed by atoms with Crippen LogP contribution in [0.15, 0.2) is 29.4 Å². The maximum absolute atomic E-state index is 12.9. The number of nitrogens with zero attached hydrogens (tertiary/aromatic N) is 5. The molecule has 4 rings (SSSR count). The fourth-order valence-electron chi connectivity index (χ4n) is 3.13. The zero-order valence-corrected chi connectivity index (χ0v) is 15.7. The molecule has 136 valence electrons. The number of hydrogen-bond donors (Lipinski definition) is 0. The van der Waals surface area contributed by atoms with E-state index in [1.54, 1.807) is 4.52 Å². The summed E-state index contributed by atoms with van der Waals surface area (Å²) in [5, 5.41) is 5.96. The van der Waals surface area contributed by atoms with Crippen molar-refractivity contribution in [3.05, 3.63) is 30.1 Å². The molecule has 26 heavy (non-hydrogen) atoms. The first kappa shape index (κ1) is 17.2. The largest absolute Gasteiger partial charge is 0.378 e. The number of fused-ring (bicyclic) bond motifs is 3. The van der Waals surface area contributed by atoms with Gasteiger partial charge in [0.15, 0.2) is 10.8 Å². The Bertz CT molecular complexity index is 951. The summed E-state index contributed by atoms with van der Waals surface area (Å²) in [4.78, 5) is 24.1. The summed E-state index contributed by atoms with van der Waals surface area (Å²) in [5.41, 5.74) is 1.65. The fourth-order valence-corrected chi connectivity index (χ4v) is 4.18. The van der Waals surface area contributed by atoms with E-state index >= 15 is 0 Å². The number of aromatic nitrogens is 4. The lowest BCUT2D eigenvalue weighted by molar-refractivity contribution is -0.134. The van der Waals surface area contributed by atoms with E-state index in [9.17, 15) is 4.79 Å². The zero-order chi connectivity index (χ0) is 18.1. The molecule has 3 aromatic rings. The highest BCUT2D eigenvalue weighted by Gasteiger charge is 2.27. The fraction of sp³-hybridized carbons (Fsp3) is 0.444. The van der Waals surface area contributed by atoms with Gasteiger partial charge in [-0.25, -0.2) is 9.97 Å². The molecule has 0 aliphatic carbocycles. The average molecular weight is 371 g/mol. The Kier molecular flexibility index (Phi) is 4.78. The summed E-state index contributed by atoms with van der Waals surface area (Å²) in [5.74, 6) is 0.832. The number of para-hydroxylation sites is 1. The first-order chi connectivity index (χ1) is 12.7. The molecule has 0 spiro atoms. The molecule has 2 aromatic heterocycles. The second-order valence-corrected chi connectivity index (χ2v) is 7.43. The highest BCUT2D eigenvalue weighted by atomic mass is 32.2. The van der Waals surface area contributed by atoms with Crippen LogP contribution in [0.5, 0.6) is 0 Å². The number of morpholine rings is 1. The van der Waals surface area contributed by atoms with Gasteiger partial charge in [0.25, 0.3) is 0 Å². The molecule has 1 fully saturated rings. The quantitative estimate of drug-likeness (QED) is 0.518. The molecule has 8 heteroatoms. The van der Waals surface area contributed by atoms with Crippen molar-refractivity contribution in [2.75, 3.05) is 26.3 Å². The van der Waals surface area contributed by atoms with Crippen molar-refractivity contribution in [1.29, 1.82) is 0 Å². The number of benzene rings is 1. The topological polar surface area (TPSA) is 72.6 Å². The van der Waals surface area contributed by atoms with Crippen LogP contribution in [0.1, 0.15) is 19.2 Å². The number of rotatable bonds is 4. The van der Waals surface area contributed by atoms with Gasteiger partial charge >= 0.3 is 0 Å². The summed E-state index contributed by atoms with van der Waals surface area (Å²) in [7, 11) is 0. The van der Waals surface area contributed by atoms with Crippen LogP contribution in [0.25, 0.3) is 16.6 Å². The van der Waals surface area contributed by atoms with Crippen molar-refractivity contribution in [3.63, 3.8) is 0 Å². The van der Waals surface area contributed by atoms with Crippen LogP contribution >= 0.6 is 11.8 Å². The molecule has 3 heterocycles. The van der Waals surface area contributed by atoms with Gasteiger partial charge < -0.3 is 9.64 Å². The van der Waals surface area contributed by atoms with Gasteiger partial charge in [0, 0.05) is 18.5 Å². The minimum absolute atomic E-state index is 0.140. The van der Waals surface area contributed by atoms with Gasteiger partial charge in [-0.2, -0.15) is 4.52 Å². The average Bonchev–Trinajstić information content (AvgIpc) is 3.08. The molecule has 0 saturated carbocycles. The molecular weight excluding hydrogens is 350 g/mol. The number of hydrogen-bond acceptors (Lipinski definition) is 6. The molecule has 1 aromatic carbocycles.